The van der Waals surface area contributed by atoms with Crippen molar-refractivity contribution >= 4 is 5.97 Å². The first-order valence-electron chi connectivity index (χ1n) is 5.96. The number of hydrogen-bond acceptors (Lipinski definition) is 1. The Balaban J connectivity index is 2.29. The van der Waals surface area contributed by atoms with Crippen molar-refractivity contribution in [1.29, 1.82) is 0 Å². The van der Waals surface area contributed by atoms with Crippen molar-refractivity contribution in [3.8, 4) is 0 Å². The summed E-state index contributed by atoms with van der Waals surface area (Å²) in [6.45, 7) is 1.58. The molecule has 0 amide bonds. The van der Waals surface area contributed by atoms with Crippen LogP contribution in [-0.2, 0) is 12.6 Å². The SMILES string of the molecule is Cc1c(Cc2ccc(C(F)(F)F)c(F)c2)c[nH]c1C(=O)O. The van der Waals surface area contributed by atoms with E-state index in [9.17, 15) is 22.4 Å². The molecule has 7 heteroatoms. The molecule has 0 unspecified atom stereocenters. The smallest absolute Gasteiger partial charge is 0.419 e. The number of aromatic carboxylic acids is 1. The van der Waals surface area contributed by atoms with Gasteiger partial charge in [-0.3, -0.25) is 0 Å². The highest BCUT2D eigenvalue weighted by atomic mass is 19.4. The fourth-order valence-electron chi connectivity index (χ4n) is 2.06. The molecule has 0 aliphatic heterocycles. The van der Waals surface area contributed by atoms with Crippen LogP contribution >= 0.6 is 0 Å². The number of rotatable bonds is 3. The van der Waals surface area contributed by atoms with Crippen molar-refractivity contribution in [3.63, 3.8) is 0 Å². The summed E-state index contributed by atoms with van der Waals surface area (Å²) in [6.07, 6.45) is -3.14. The van der Waals surface area contributed by atoms with Crippen LogP contribution in [0.4, 0.5) is 17.6 Å². The van der Waals surface area contributed by atoms with E-state index in [0.29, 0.717) is 22.8 Å². The number of hydrogen-bond donors (Lipinski definition) is 2. The van der Waals surface area contributed by atoms with Crippen LogP contribution < -0.4 is 0 Å². The summed E-state index contributed by atoms with van der Waals surface area (Å²) >= 11 is 0. The largest absolute Gasteiger partial charge is 0.477 e. The summed E-state index contributed by atoms with van der Waals surface area (Å²) in [5.74, 6) is -2.47. The lowest BCUT2D eigenvalue weighted by atomic mass is 10.0. The number of benzene rings is 1. The number of aromatic amines is 1. The molecule has 1 heterocycles. The Kier molecular flexibility index (Phi) is 3.76. The Hall–Kier alpha value is -2.31. The maximum atomic E-state index is 13.5. The van der Waals surface area contributed by atoms with Gasteiger partial charge < -0.3 is 10.1 Å². The van der Waals surface area contributed by atoms with Gasteiger partial charge in [-0.1, -0.05) is 6.07 Å². The standard InChI is InChI=1S/C14H11F4NO2/c1-7-9(6-19-12(7)13(20)21)4-8-2-3-10(11(15)5-8)14(16,17)18/h2-3,5-6,19H,4H2,1H3,(H,20,21). The van der Waals surface area contributed by atoms with Gasteiger partial charge in [0.05, 0.1) is 5.56 Å². The molecule has 2 rings (SSSR count). The molecule has 0 aliphatic carbocycles. The number of carbonyl (C=O) groups is 1. The Morgan fingerprint density at radius 1 is 1.33 bits per heavy atom. The van der Waals surface area contributed by atoms with Crippen molar-refractivity contribution in [1.82, 2.24) is 4.98 Å². The maximum absolute atomic E-state index is 13.5. The first kappa shape index (κ1) is 15.1. The average Bonchev–Trinajstić information content (AvgIpc) is 2.69. The Labute approximate surface area is 117 Å². The number of H-pyrrole nitrogens is 1. The highest BCUT2D eigenvalue weighted by molar-refractivity contribution is 5.87. The molecule has 2 N–H and O–H groups in total. The first-order valence-corrected chi connectivity index (χ1v) is 5.96. The van der Waals surface area contributed by atoms with Crippen LogP contribution in [0.3, 0.4) is 0 Å². The molecule has 0 atom stereocenters. The van der Waals surface area contributed by atoms with Gasteiger partial charge in [-0.2, -0.15) is 13.2 Å². The molecule has 0 saturated heterocycles. The van der Waals surface area contributed by atoms with E-state index in [1.165, 1.54) is 12.3 Å². The number of halogens is 4. The summed E-state index contributed by atoms with van der Waals surface area (Å²) in [7, 11) is 0. The van der Waals surface area contributed by atoms with Crippen LogP contribution in [0.15, 0.2) is 24.4 Å². The van der Waals surface area contributed by atoms with Gasteiger partial charge in [0.2, 0.25) is 0 Å². The third-order valence-corrected chi connectivity index (χ3v) is 3.19. The maximum Gasteiger partial charge on any atom is 0.419 e. The van der Waals surface area contributed by atoms with Crippen molar-refractivity contribution in [2.75, 3.05) is 0 Å². The predicted molar refractivity (Wildman–Crippen MR) is 66.7 cm³/mol. The summed E-state index contributed by atoms with van der Waals surface area (Å²) in [4.78, 5) is 13.5. The van der Waals surface area contributed by atoms with Crippen molar-refractivity contribution in [2.45, 2.75) is 19.5 Å². The van der Waals surface area contributed by atoms with Gasteiger partial charge in [0.25, 0.3) is 0 Å². The zero-order chi connectivity index (χ0) is 15.8. The van der Waals surface area contributed by atoms with E-state index in [-0.39, 0.29) is 12.1 Å². The van der Waals surface area contributed by atoms with E-state index < -0.39 is 23.5 Å². The molecular weight excluding hydrogens is 290 g/mol. The molecule has 0 spiro atoms. The Morgan fingerprint density at radius 3 is 2.48 bits per heavy atom. The molecule has 21 heavy (non-hydrogen) atoms. The molecule has 1 aromatic heterocycles. The quantitative estimate of drug-likeness (QED) is 0.848. The van der Waals surface area contributed by atoms with Crippen LogP contribution in [-0.4, -0.2) is 16.1 Å². The second-order valence-corrected chi connectivity index (χ2v) is 4.61. The Bertz CT molecular complexity index is 689. The molecule has 0 aliphatic rings. The van der Waals surface area contributed by atoms with Gasteiger partial charge in [-0.25, -0.2) is 9.18 Å². The molecule has 0 saturated carbocycles. The number of carboxylic acid groups (broad SMARTS) is 1. The van der Waals surface area contributed by atoms with E-state index in [1.807, 2.05) is 0 Å². The monoisotopic (exact) mass is 301 g/mol. The fourth-order valence-corrected chi connectivity index (χ4v) is 2.06. The van der Waals surface area contributed by atoms with Gasteiger partial charge in [-0.15, -0.1) is 0 Å². The molecule has 3 nitrogen and oxygen atoms in total. The summed E-state index contributed by atoms with van der Waals surface area (Å²) in [5, 5.41) is 8.90. The predicted octanol–water partition coefficient (Wildman–Crippen LogP) is 3.77. The molecule has 1 aromatic carbocycles. The number of nitrogens with one attached hydrogen (secondary N) is 1. The topological polar surface area (TPSA) is 53.1 Å². The van der Waals surface area contributed by atoms with Crippen molar-refractivity contribution < 1.29 is 27.5 Å². The van der Waals surface area contributed by atoms with E-state index in [0.717, 1.165) is 6.07 Å². The molecule has 0 fully saturated rings. The lowest BCUT2D eigenvalue weighted by Gasteiger charge is -2.09. The van der Waals surface area contributed by atoms with E-state index in [1.54, 1.807) is 6.92 Å². The van der Waals surface area contributed by atoms with Gasteiger partial charge in [0.1, 0.15) is 11.5 Å². The van der Waals surface area contributed by atoms with E-state index in [2.05, 4.69) is 4.98 Å². The lowest BCUT2D eigenvalue weighted by molar-refractivity contribution is -0.140. The van der Waals surface area contributed by atoms with Crippen LogP contribution in [0.5, 0.6) is 0 Å². The fraction of sp³-hybridized carbons (Fsp3) is 0.214. The first-order chi connectivity index (χ1) is 9.70. The van der Waals surface area contributed by atoms with Crippen LogP contribution in [0.1, 0.15) is 32.7 Å². The zero-order valence-corrected chi connectivity index (χ0v) is 10.9. The minimum absolute atomic E-state index is 0.0115. The van der Waals surface area contributed by atoms with Crippen LogP contribution in [0.25, 0.3) is 0 Å². The number of alkyl halides is 3. The van der Waals surface area contributed by atoms with Crippen LogP contribution in [0, 0.1) is 12.7 Å². The zero-order valence-electron chi connectivity index (χ0n) is 10.9. The van der Waals surface area contributed by atoms with E-state index >= 15 is 0 Å². The summed E-state index contributed by atoms with van der Waals surface area (Å²) in [6, 6.07) is 2.68. The number of carboxylic acids is 1. The van der Waals surface area contributed by atoms with Gasteiger partial charge in [0.15, 0.2) is 0 Å². The summed E-state index contributed by atoms with van der Waals surface area (Å²) in [5.41, 5.74) is 0.0922. The minimum atomic E-state index is -4.73. The molecule has 112 valence electrons. The normalized spacial score (nSPS) is 11.7. The van der Waals surface area contributed by atoms with Crippen LogP contribution in [0.2, 0.25) is 0 Å². The van der Waals surface area contributed by atoms with Gasteiger partial charge in [-0.05, 0) is 42.2 Å². The van der Waals surface area contributed by atoms with E-state index in [4.69, 9.17) is 5.11 Å². The molecule has 0 radical (unpaired) electrons. The lowest BCUT2D eigenvalue weighted by Crippen LogP contribution is -2.08. The molecular formula is C14H11F4NO2. The molecule has 2 aromatic rings. The second-order valence-electron chi connectivity index (χ2n) is 4.61. The summed E-state index contributed by atoms with van der Waals surface area (Å²) < 4.78 is 50.8. The van der Waals surface area contributed by atoms with Gasteiger partial charge >= 0.3 is 12.1 Å². The van der Waals surface area contributed by atoms with Crippen molar-refractivity contribution in [2.24, 2.45) is 0 Å². The third kappa shape index (κ3) is 3.07. The highest BCUT2D eigenvalue weighted by Crippen LogP contribution is 2.32. The minimum Gasteiger partial charge on any atom is -0.477 e. The third-order valence-electron chi connectivity index (χ3n) is 3.19. The number of aromatic nitrogens is 1. The molecule has 0 bridgehead atoms. The average molecular weight is 301 g/mol. The highest BCUT2D eigenvalue weighted by Gasteiger charge is 2.33. The van der Waals surface area contributed by atoms with Crippen molar-refractivity contribution in [3.05, 3.63) is 58.2 Å². The second kappa shape index (κ2) is 5.23. The van der Waals surface area contributed by atoms with Gasteiger partial charge in [0, 0.05) is 6.20 Å². The Morgan fingerprint density at radius 2 is 2.00 bits per heavy atom.